The summed E-state index contributed by atoms with van der Waals surface area (Å²) in [6.45, 7) is 1.29. The van der Waals surface area contributed by atoms with Gasteiger partial charge >= 0.3 is 12.1 Å². The van der Waals surface area contributed by atoms with Crippen LogP contribution in [0.3, 0.4) is 0 Å². The molecule has 1 aromatic rings. The molecule has 2 N–H and O–H groups in total. The summed E-state index contributed by atoms with van der Waals surface area (Å²) in [6.07, 6.45) is -4.31. The van der Waals surface area contributed by atoms with Gasteiger partial charge in [-0.05, 0) is 19.8 Å². The van der Waals surface area contributed by atoms with E-state index in [2.05, 4.69) is 10.3 Å². The summed E-state index contributed by atoms with van der Waals surface area (Å²) in [5, 5.41) is 23.6. The summed E-state index contributed by atoms with van der Waals surface area (Å²) in [5.41, 5.74) is -2.49. The summed E-state index contributed by atoms with van der Waals surface area (Å²) >= 11 is 0. The molecule has 1 unspecified atom stereocenters. The molecule has 1 heterocycles. The third-order valence-corrected chi connectivity index (χ3v) is 2.36. The van der Waals surface area contributed by atoms with E-state index in [0.717, 1.165) is 0 Å². The van der Waals surface area contributed by atoms with Crippen LogP contribution in [0.5, 0.6) is 0 Å². The maximum Gasteiger partial charge on any atom is 0.435 e. The van der Waals surface area contributed by atoms with Crippen LogP contribution in [0.25, 0.3) is 0 Å². The molecule has 18 heavy (non-hydrogen) atoms. The topological polar surface area (TPSA) is 88.2 Å². The van der Waals surface area contributed by atoms with Gasteiger partial charge in [0.05, 0.1) is 6.04 Å². The third-order valence-electron chi connectivity index (χ3n) is 2.36. The van der Waals surface area contributed by atoms with Gasteiger partial charge in [-0.1, -0.05) is 5.21 Å². The van der Waals surface area contributed by atoms with Gasteiger partial charge < -0.3 is 10.2 Å². The Balaban J connectivity index is 3.16. The Bertz CT molecular complexity index is 430. The van der Waals surface area contributed by atoms with E-state index in [9.17, 15) is 18.0 Å². The Hall–Kier alpha value is -1.64. The fourth-order valence-corrected chi connectivity index (χ4v) is 1.52. The fourth-order valence-electron chi connectivity index (χ4n) is 1.52. The molecule has 0 aliphatic carbocycles. The number of aromatic nitrogens is 3. The molecule has 0 amide bonds. The fraction of sp³-hybridized carbons (Fsp3) is 0.667. The molecule has 0 saturated carbocycles. The van der Waals surface area contributed by atoms with Gasteiger partial charge in [0.15, 0.2) is 5.69 Å². The molecule has 0 bridgehead atoms. The van der Waals surface area contributed by atoms with Crippen LogP contribution in [0.1, 0.15) is 42.0 Å². The predicted octanol–water partition coefficient (Wildman–Crippen LogP) is 1.33. The number of hydrogen-bond acceptors (Lipinski definition) is 4. The van der Waals surface area contributed by atoms with Crippen LogP contribution < -0.4 is 0 Å². The number of carboxylic acids is 1. The number of nitrogens with zero attached hydrogens (tertiary/aromatic N) is 3. The van der Waals surface area contributed by atoms with Crippen molar-refractivity contribution >= 4 is 5.97 Å². The van der Waals surface area contributed by atoms with Crippen LogP contribution in [-0.2, 0) is 6.18 Å². The van der Waals surface area contributed by atoms with E-state index in [0.29, 0.717) is 11.1 Å². The van der Waals surface area contributed by atoms with Crippen LogP contribution in [0.2, 0.25) is 0 Å². The monoisotopic (exact) mass is 267 g/mol. The van der Waals surface area contributed by atoms with Crippen LogP contribution in [0.15, 0.2) is 0 Å². The van der Waals surface area contributed by atoms with E-state index >= 15 is 0 Å². The third kappa shape index (κ3) is 2.97. The number of aliphatic hydroxyl groups excluding tert-OH is 1. The number of carboxylic acid groups (broad SMARTS) is 1. The van der Waals surface area contributed by atoms with Gasteiger partial charge in [-0.2, -0.15) is 13.2 Å². The molecule has 0 spiro atoms. The number of carbonyl (C=O) groups is 1. The van der Waals surface area contributed by atoms with Crippen LogP contribution in [0.4, 0.5) is 13.2 Å². The first-order chi connectivity index (χ1) is 8.29. The van der Waals surface area contributed by atoms with E-state index < -0.39 is 29.6 Å². The Labute approximate surface area is 100 Å². The van der Waals surface area contributed by atoms with Gasteiger partial charge in [0.2, 0.25) is 5.69 Å². The molecule has 1 rings (SSSR count). The zero-order valence-electron chi connectivity index (χ0n) is 9.48. The van der Waals surface area contributed by atoms with Crippen molar-refractivity contribution in [1.82, 2.24) is 15.0 Å². The molecule has 102 valence electrons. The van der Waals surface area contributed by atoms with Gasteiger partial charge in [-0.25, -0.2) is 9.48 Å². The minimum absolute atomic E-state index is 0.161. The number of hydrogen-bond donors (Lipinski definition) is 2. The van der Waals surface area contributed by atoms with E-state index in [-0.39, 0.29) is 13.0 Å². The molecule has 0 aliphatic rings. The second-order valence-corrected chi connectivity index (χ2v) is 3.75. The molecule has 6 nitrogen and oxygen atoms in total. The summed E-state index contributed by atoms with van der Waals surface area (Å²) in [7, 11) is 0. The maximum absolute atomic E-state index is 12.8. The number of aliphatic hydroxyl groups is 1. The van der Waals surface area contributed by atoms with E-state index in [1.54, 1.807) is 0 Å². The molecule has 9 heteroatoms. The Morgan fingerprint density at radius 3 is 2.56 bits per heavy atom. The molecule has 1 aromatic heterocycles. The highest BCUT2D eigenvalue weighted by atomic mass is 19.4. The summed E-state index contributed by atoms with van der Waals surface area (Å²) in [6, 6.07) is -0.700. The molecular weight excluding hydrogens is 255 g/mol. The number of halogens is 3. The van der Waals surface area contributed by atoms with Crippen molar-refractivity contribution in [3.63, 3.8) is 0 Å². The van der Waals surface area contributed by atoms with E-state index in [4.69, 9.17) is 10.2 Å². The van der Waals surface area contributed by atoms with E-state index in [1.807, 2.05) is 0 Å². The number of aromatic carboxylic acids is 1. The summed E-state index contributed by atoms with van der Waals surface area (Å²) in [4.78, 5) is 10.7. The Morgan fingerprint density at radius 1 is 1.50 bits per heavy atom. The van der Waals surface area contributed by atoms with Gasteiger partial charge in [-0.15, -0.1) is 5.10 Å². The highest BCUT2D eigenvalue weighted by molar-refractivity contribution is 5.86. The Kier molecular flexibility index (Phi) is 4.28. The maximum atomic E-state index is 12.8. The molecular formula is C9H12F3N3O3. The highest BCUT2D eigenvalue weighted by Crippen LogP contribution is 2.33. The zero-order valence-corrected chi connectivity index (χ0v) is 9.48. The second-order valence-electron chi connectivity index (χ2n) is 3.75. The molecule has 0 aliphatic heterocycles. The Morgan fingerprint density at radius 2 is 2.11 bits per heavy atom. The zero-order chi connectivity index (χ0) is 13.9. The van der Waals surface area contributed by atoms with Crippen LogP contribution >= 0.6 is 0 Å². The van der Waals surface area contributed by atoms with Crippen molar-refractivity contribution in [2.75, 3.05) is 6.61 Å². The lowest BCUT2D eigenvalue weighted by Crippen LogP contribution is -2.20. The SMILES string of the molecule is CC(CCCO)n1nnc(C(=O)O)c1C(F)(F)F. The quantitative estimate of drug-likeness (QED) is 0.840. The van der Waals surface area contributed by atoms with Gasteiger partial charge in [0, 0.05) is 6.61 Å². The molecule has 0 saturated heterocycles. The van der Waals surface area contributed by atoms with Gasteiger partial charge in [-0.3, -0.25) is 0 Å². The molecule has 0 aromatic carbocycles. The van der Waals surface area contributed by atoms with Crippen molar-refractivity contribution in [1.29, 1.82) is 0 Å². The van der Waals surface area contributed by atoms with Crippen molar-refractivity contribution in [3.05, 3.63) is 11.4 Å². The largest absolute Gasteiger partial charge is 0.476 e. The van der Waals surface area contributed by atoms with Gasteiger partial charge in [0.25, 0.3) is 0 Å². The van der Waals surface area contributed by atoms with Crippen LogP contribution in [0, 0.1) is 0 Å². The second kappa shape index (κ2) is 5.34. The first-order valence-electron chi connectivity index (χ1n) is 5.15. The molecule has 0 radical (unpaired) electrons. The first kappa shape index (κ1) is 14.4. The minimum Gasteiger partial charge on any atom is -0.476 e. The van der Waals surface area contributed by atoms with E-state index in [1.165, 1.54) is 6.92 Å². The predicted molar refractivity (Wildman–Crippen MR) is 53.0 cm³/mol. The lowest BCUT2D eigenvalue weighted by atomic mass is 10.2. The normalized spacial score (nSPS) is 13.6. The van der Waals surface area contributed by atoms with Crippen molar-refractivity contribution in [3.8, 4) is 0 Å². The summed E-state index contributed by atoms with van der Waals surface area (Å²) < 4.78 is 38.9. The number of alkyl halides is 3. The van der Waals surface area contributed by atoms with Crippen molar-refractivity contribution < 1.29 is 28.2 Å². The van der Waals surface area contributed by atoms with Gasteiger partial charge in [0.1, 0.15) is 0 Å². The average Bonchev–Trinajstić information content (AvgIpc) is 2.69. The van der Waals surface area contributed by atoms with Crippen molar-refractivity contribution in [2.45, 2.75) is 32.0 Å². The number of rotatable bonds is 5. The highest BCUT2D eigenvalue weighted by Gasteiger charge is 2.42. The molecule has 1 atom stereocenters. The smallest absolute Gasteiger partial charge is 0.435 e. The lowest BCUT2D eigenvalue weighted by molar-refractivity contribution is -0.145. The molecule has 0 fully saturated rings. The standard InChI is InChI=1S/C9H12F3N3O3/c1-5(3-2-4-16)15-7(9(10,11)12)6(8(17)18)13-14-15/h5,16H,2-4H2,1H3,(H,17,18). The summed E-state index contributed by atoms with van der Waals surface area (Å²) in [5.74, 6) is -1.78. The van der Waals surface area contributed by atoms with Crippen LogP contribution in [-0.4, -0.2) is 37.8 Å². The van der Waals surface area contributed by atoms with Crippen molar-refractivity contribution in [2.24, 2.45) is 0 Å². The lowest BCUT2D eigenvalue weighted by Gasteiger charge is -2.15. The average molecular weight is 267 g/mol. The first-order valence-corrected chi connectivity index (χ1v) is 5.15. The minimum atomic E-state index is -4.84.